The van der Waals surface area contributed by atoms with Crippen LogP contribution in [0.5, 0.6) is 0 Å². The van der Waals surface area contributed by atoms with Gasteiger partial charge in [0.25, 0.3) is 0 Å². The number of nitrogens with one attached hydrogen (secondary N) is 1. The zero-order chi connectivity index (χ0) is 15.3. The van der Waals surface area contributed by atoms with E-state index in [-0.39, 0.29) is 17.4 Å². The molecule has 0 bridgehead atoms. The van der Waals surface area contributed by atoms with Crippen molar-refractivity contribution < 1.29 is 13.5 Å². The standard InChI is InChI=1S/C13H25N3O3S/c1-5-6-12(7-8-17)9-14-20(18,19)13-10(2)15-16(4)11(13)3/h12,14,17H,5-9H2,1-4H3. The molecule has 0 saturated heterocycles. The Labute approximate surface area is 121 Å². The molecular formula is C13H25N3O3S. The van der Waals surface area contributed by atoms with Gasteiger partial charge in [-0.2, -0.15) is 5.10 Å². The van der Waals surface area contributed by atoms with Crippen LogP contribution in [0.1, 0.15) is 37.6 Å². The number of rotatable bonds is 8. The van der Waals surface area contributed by atoms with Gasteiger partial charge in [-0.25, -0.2) is 13.1 Å². The molecule has 1 aromatic rings. The Hall–Kier alpha value is -0.920. The molecule has 2 N–H and O–H groups in total. The number of aliphatic hydroxyl groups excluding tert-OH is 1. The van der Waals surface area contributed by atoms with Crippen molar-refractivity contribution >= 4 is 10.0 Å². The van der Waals surface area contributed by atoms with Crippen molar-refractivity contribution in [2.24, 2.45) is 13.0 Å². The van der Waals surface area contributed by atoms with Crippen molar-refractivity contribution in [3.05, 3.63) is 11.4 Å². The topological polar surface area (TPSA) is 84.2 Å². The molecule has 0 amide bonds. The van der Waals surface area contributed by atoms with Gasteiger partial charge in [0.15, 0.2) is 0 Å². The van der Waals surface area contributed by atoms with Crippen LogP contribution >= 0.6 is 0 Å². The Morgan fingerprint density at radius 1 is 1.35 bits per heavy atom. The summed E-state index contributed by atoms with van der Waals surface area (Å²) < 4.78 is 29.0. The molecule has 6 nitrogen and oxygen atoms in total. The third-order valence-electron chi connectivity index (χ3n) is 3.51. The Kier molecular flexibility index (Phi) is 6.16. The Morgan fingerprint density at radius 2 is 2.00 bits per heavy atom. The minimum Gasteiger partial charge on any atom is -0.396 e. The number of aromatic nitrogens is 2. The SMILES string of the molecule is CCCC(CCO)CNS(=O)(=O)c1c(C)nn(C)c1C. The van der Waals surface area contributed by atoms with Crippen molar-refractivity contribution in [1.29, 1.82) is 0 Å². The van der Waals surface area contributed by atoms with E-state index in [1.54, 1.807) is 25.6 Å². The highest BCUT2D eigenvalue weighted by atomic mass is 32.2. The van der Waals surface area contributed by atoms with Crippen LogP contribution in [-0.2, 0) is 17.1 Å². The molecule has 0 aromatic carbocycles. The van der Waals surface area contributed by atoms with Gasteiger partial charge < -0.3 is 5.11 Å². The summed E-state index contributed by atoms with van der Waals surface area (Å²) in [5.41, 5.74) is 1.14. The third-order valence-corrected chi connectivity index (χ3v) is 5.18. The molecule has 0 saturated carbocycles. The lowest BCUT2D eigenvalue weighted by molar-refractivity contribution is 0.251. The van der Waals surface area contributed by atoms with E-state index in [0.717, 1.165) is 12.8 Å². The van der Waals surface area contributed by atoms with Gasteiger partial charge in [0.05, 0.1) is 11.4 Å². The molecule has 7 heteroatoms. The summed E-state index contributed by atoms with van der Waals surface area (Å²) in [5.74, 6) is 0.164. The van der Waals surface area contributed by atoms with E-state index in [1.165, 1.54) is 0 Å². The second-order valence-corrected chi connectivity index (χ2v) is 6.85. The second kappa shape index (κ2) is 7.19. The van der Waals surface area contributed by atoms with Gasteiger partial charge in [0, 0.05) is 20.2 Å². The summed E-state index contributed by atoms with van der Waals surface area (Å²) in [5, 5.41) is 13.1. The lowest BCUT2D eigenvalue weighted by Crippen LogP contribution is -2.30. The molecule has 1 atom stereocenters. The molecule has 0 aliphatic carbocycles. The molecule has 1 aromatic heterocycles. The molecule has 0 aliphatic heterocycles. The molecule has 1 heterocycles. The van der Waals surface area contributed by atoms with Crippen molar-refractivity contribution in [1.82, 2.24) is 14.5 Å². The van der Waals surface area contributed by atoms with Crippen molar-refractivity contribution in [2.45, 2.75) is 44.9 Å². The van der Waals surface area contributed by atoms with E-state index >= 15 is 0 Å². The number of aliphatic hydroxyl groups is 1. The van der Waals surface area contributed by atoms with E-state index in [9.17, 15) is 8.42 Å². The number of sulfonamides is 1. The van der Waals surface area contributed by atoms with E-state index in [1.807, 2.05) is 6.92 Å². The van der Waals surface area contributed by atoms with Gasteiger partial charge in [-0.1, -0.05) is 13.3 Å². The highest BCUT2D eigenvalue weighted by molar-refractivity contribution is 7.89. The smallest absolute Gasteiger partial charge is 0.244 e. The van der Waals surface area contributed by atoms with Crippen LogP contribution in [0.25, 0.3) is 0 Å². The fourth-order valence-electron chi connectivity index (χ4n) is 2.38. The average molecular weight is 303 g/mol. The fraction of sp³-hybridized carbons (Fsp3) is 0.769. The summed E-state index contributed by atoms with van der Waals surface area (Å²) in [6.07, 6.45) is 2.48. The van der Waals surface area contributed by atoms with Gasteiger partial charge in [0.2, 0.25) is 10.0 Å². The summed E-state index contributed by atoms with van der Waals surface area (Å²) in [6, 6.07) is 0. The Morgan fingerprint density at radius 3 is 2.45 bits per heavy atom. The lowest BCUT2D eigenvalue weighted by atomic mass is 10.0. The van der Waals surface area contributed by atoms with Crippen molar-refractivity contribution in [3.63, 3.8) is 0 Å². The summed E-state index contributed by atoms with van der Waals surface area (Å²) in [6.45, 7) is 5.92. The fourth-order valence-corrected chi connectivity index (χ4v) is 3.93. The zero-order valence-corrected chi connectivity index (χ0v) is 13.5. The molecule has 0 fully saturated rings. The molecule has 1 rings (SSSR count). The molecule has 0 aliphatic rings. The van der Waals surface area contributed by atoms with Crippen LogP contribution in [0.15, 0.2) is 4.90 Å². The first-order valence-electron chi connectivity index (χ1n) is 6.94. The zero-order valence-electron chi connectivity index (χ0n) is 12.7. The number of hydrogen-bond donors (Lipinski definition) is 2. The van der Waals surface area contributed by atoms with E-state index in [0.29, 0.717) is 24.4 Å². The van der Waals surface area contributed by atoms with Crippen LogP contribution in [0.3, 0.4) is 0 Å². The van der Waals surface area contributed by atoms with Crippen molar-refractivity contribution in [3.8, 4) is 0 Å². The first-order valence-corrected chi connectivity index (χ1v) is 8.42. The summed E-state index contributed by atoms with van der Waals surface area (Å²) in [4.78, 5) is 0.263. The average Bonchev–Trinajstić information content (AvgIpc) is 2.61. The van der Waals surface area contributed by atoms with Gasteiger partial charge in [-0.15, -0.1) is 0 Å². The maximum atomic E-state index is 12.4. The van der Waals surface area contributed by atoms with Gasteiger partial charge in [0.1, 0.15) is 4.90 Å². The van der Waals surface area contributed by atoms with Crippen LogP contribution < -0.4 is 4.72 Å². The molecule has 0 radical (unpaired) electrons. The van der Waals surface area contributed by atoms with Crippen LogP contribution in [0.2, 0.25) is 0 Å². The maximum absolute atomic E-state index is 12.4. The normalized spacial score (nSPS) is 13.7. The predicted molar refractivity (Wildman–Crippen MR) is 78.0 cm³/mol. The molecule has 116 valence electrons. The monoisotopic (exact) mass is 303 g/mol. The Bertz CT molecular complexity index is 531. The summed E-state index contributed by atoms with van der Waals surface area (Å²) in [7, 11) is -1.82. The quantitative estimate of drug-likeness (QED) is 0.753. The van der Waals surface area contributed by atoms with E-state index in [2.05, 4.69) is 9.82 Å². The molecule has 1 unspecified atom stereocenters. The number of nitrogens with zero attached hydrogens (tertiary/aromatic N) is 2. The van der Waals surface area contributed by atoms with Gasteiger partial charge >= 0.3 is 0 Å². The van der Waals surface area contributed by atoms with Crippen LogP contribution in [0, 0.1) is 19.8 Å². The largest absolute Gasteiger partial charge is 0.396 e. The lowest BCUT2D eigenvalue weighted by Gasteiger charge is -2.16. The number of aryl methyl sites for hydroxylation is 2. The molecule has 20 heavy (non-hydrogen) atoms. The van der Waals surface area contributed by atoms with Crippen molar-refractivity contribution in [2.75, 3.05) is 13.2 Å². The number of hydrogen-bond acceptors (Lipinski definition) is 4. The van der Waals surface area contributed by atoms with Gasteiger partial charge in [-0.05, 0) is 32.6 Å². The molecule has 0 spiro atoms. The van der Waals surface area contributed by atoms with Crippen LogP contribution in [-0.4, -0.2) is 36.5 Å². The highest BCUT2D eigenvalue weighted by Gasteiger charge is 2.24. The Balaban J connectivity index is 2.84. The first kappa shape index (κ1) is 17.1. The van der Waals surface area contributed by atoms with Crippen LogP contribution in [0.4, 0.5) is 0 Å². The third kappa shape index (κ3) is 4.04. The highest BCUT2D eigenvalue weighted by Crippen LogP contribution is 2.19. The first-order chi connectivity index (χ1) is 9.33. The van der Waals surface area contributed by atoms with E-state index < -0.39 is 10.0 Å². The minimum atomic E-state index is -3.55. The minimum absolute atomic E-state index is 0.0807. The maximum Gasteiger partial charge on any atom is 0.244 e. The predicted octanol–water partition coefficient (Wildman–Crippen LogP) is 1.11. The summed E-state index contributed by atoms with van der Waals surface area (Å²) >= 11 is 0. The molecular weight excluding hydrogens is 278 g/mol. The van der Waals surface area contributed by atoms with Gasteiger partial charge in [-0.3, -0.25) is 4.68 Å². The second-order valence-electron chi connectivity index (χ2n) is 5.14. The van der Waals surface area contributed by atoms with E-state index in [4.69, 9.17) is 5.11 Å².